The first-order chi connectivity index (χ1) is 11.1. The Kier molecular flexibility index (Phi) is 5.50. The highest BCUT2D eigenvalue weighted by Crippen LogP contribution is 2.25. The molecule has 3 rings (SSSR count). The number of hydrogen-bond acceptors (Lipinski definition) is 4. The minimum atomic E-state index is 0.110. The third-order valence-electron chi connectivity index (χ3n) is 3.39. The third-order valence-corrected chi connectivity index (χ3v) is 3.71. The van der Waals surface area contributed by atoms with Gasteiger partial charge in [-0.3, -0.25) is 14.2 Å². The maximum absolute atomic E-state index is 12.0. The van der Waals surface area contributed by atoms with Crippen molar-refractivity contribution in [2.45, 2.75) is 19.3 Å². The number of benzene rings is 1. The first-order valence-electron chi connectivity index (χ1n) is 7.02. The fourth-order valence-corrected chi connectivity index (χ4v) is 2.56. The van der Waals surface area contributed by atoms with Crippen LogP contribution in [0.1, 0.15) is 34.6 Å². The van der Waals surface area contributed by atoms with Gasteiger partial charge in [-0.1, -0.05) is 11.6 Å². The summed E-state index contributed by atoms with van der Waals surface area (Å²) < 4.78 is 1.75. The number of ketones is 1. The van der Waals surface area contributed by atoms with Crippen LogP contribution in [0.3, 0.4) is 0 Å². The highest BCUT2D eigenvalue weighted by molar-refractivity contribution is 6.31. The Morgan fingerprint density at radius 1 is 1.43 bits per heavy atom. The zero-order valence-corrected chi connectivity index (χ0v) is 13.3. The molecule has 0 atom stereocenters. The predicted molar refractivity (Wildman–Crippen MR) is 85.7 cm³/mol. The lowest BCUT2D eigenvalue weighted by Gasteiger charge is -2.13. The highest BCUT2D eigenvalue weighted by atomic mass is 35.5. The molecular formula is C16H15ClN4O2. The number of Topliss-reactive ketones (excluding diaryl/α,β-unsaturated/α-hetero) is 1. The van der Waals surface area contributed by atoms with Crippen LogP contribution in [0.5, 0.6) is 0 Å². The topological polar surface area (TPSA) is 87.8 Å². The molecule has 0 bridgehead atoms. The Hall–Kier alpha value is -2.65. The van der Waals surface area contributed by atoms with E-state index in [4.69, 9.17) is 21.7 Å². The maximum atomic E-state index is 12.0. The second kappa shape index (κ2) is 7.56. The van der Waals surface area contributed by atoms with E-state index < -0.39 is 0 Å². The molecule has 118 valence electrons. The molecule has 2 aromatic rings. The summed E-state index contributed by atoms with van der Waals surface area (Å²) in [6, 6.07) is 7.12. The summed E-state index contributed by atoms with van der Waals surface area (Å²) in [5.74, 6) is 0.110. The standard InChI is InChI=1S/C14H10ClN3O.C2H5NO/c15-11-6-10(5-4-9(11)7-16)18-8-17-12-2-1-3-13(19)14(12)18;1-3-2-4/h4-6,8H,1-3H2;2H,1H3,(H,3,4). The minimum absolute atomic E-state index is 0.110. The van der Waals surface area contributed by atoms with Crippen molar-refractivity contribution in [2.24, 2.45) is 0 Å². The molecule has 23 heavy (non-hydrogen) atoms. The number of rotatable bonds is 2. The Morgan fingerprint density at radius 2 is 2.17 bits per heavy atom. The van der Waals surface area contributed by atoms with E-state index in [1.807, 2.05) is 6.07 Å². The largest absolute Gasteiger partial charge is 0.362 e. The minimum Gasteiger partial charge on any atom is -0.362 e. The van der Waals surface area contributed by atoms with Crippen LogP contribution in [0.15, 0.2) is 24.5 Å². The molecule has 0 unspecified atom stereocenters. The van der Waals surface area contributed by atoms with Crippen molar-refractivity contribution in [3.8, 4) is 11.8 Å². The number of aryl methyl sites for hydroxylation is 1. The number of nitrogens with one attached hydrogen (secondary N) is 1. The van der Waals surface area contributed by atoms with Gasteiger partial charge in [-0.2, -0.15) is 5.26 Å². The van der Waals surface area contributed by atoms with Crippen LogP contribution in [-0.4, -0.2) is 28.8 Å². The fourth-order valence-electron chi connectivity index (χ4n) is 2.34. The smallest absolute Gasteiger partial charge is 0.206 e. The number of amides is 1. The molecule has 6 nitrogen and oxygen atoms in total. The number of fused-ring (bicyclic) bond motifs is 1. The van der Waals surface area contributed by atoms with Gasteiger partial charge in [0.15, 0.2) is 5.78 Å². The predicted octanol–water partition coefficient (Wildman–Crippen LogP) is 2.28. The molecule has 7 heteroatoms. The van der Waals surface area contributed by atoms with E-state index in [1.54, 1.807) is 36.1 Å². The molecule has 0 saturated carbocycles. The Bertz CT molecular complexity index is 777. The average Bonchev–Trinajstić information content (AvgIpc) is 3.00. The van der Waals surface area contributed by atoms with Gasteiger partial charge in [0.2, 0.25) is 6.41 Å². The number of nitrogens with zero attached hydrogens (tertiary/aromatic N) is 3. The Morgan fingerprint density at radius 3 is 2.78 bits per heavy atom. The highest BCUT2D eigenvalue weighted by Gasteiger charge is 2.23. The molecule has 0 radical (unpaired) electrons. The van der Waals surface area contributed by atoms with Gasteiger partial charge in [0.25, 0.3) is 0 Å². The quantitative estimate of drug-likeness (QED) is 0.856. The molecule has 1 amide bonds. The van der Waals surface area contributed by atoms with Crippen LogP contribution in [0.2, 0.25) is 5.02 Å². The molecule has 0 fully saturated rings. The van der Waals surface area contributed by atoms with Crippen molar-refractivity contribution in [1.82, 2.24) is 14.9 Å². The Balaban J connectivity index is 0.000000433. The van der Waals surface area contributed by atoms with E-state index in [9.17, 15) is 4.79 Å². The summed E-state index contributed by atoms with van der Waals surface area (Å²) in [5.41, 5.74) is 2.67. The fraction of sp³-hybridized carbons (Fsp3) is 0.250. The monoisotopic (exact) mass is 330 g/mol. The third kappa shape index (κ3) is 3.58. The van der Waals surface area contributed by atoms with Gasteiger partial charge in [0, 0.05) is 19.2 Å². The summed E-state index contributed by atoms with van der Waals surface area (Å²) in [4.78, 5) is 25.4. The Labute approximate surface area is 138 Å². The summed E-state index contributed by atoms with van der Waals surface area (Å²) >= 11 is 6.02. The molecule has 1 aromatic heterocycles. The second-order valence-corrected chi connectivity index (χ2v) is 5.28. The van der Waals surface area contributed by atoms with Gasteiger partial charge in [-0.15, -0.1) is 0 Å². The van der Waals surface area contributed by atoms with Gasteiger partial charge in [-0.25, -0.2) is 4.98 Å². The number of hydrogen-bond donors (Lipinski definition) is 1. The van der Waals surface area contributed by atoms with E-state index in [2.05, 4.69) is 10.3 Å². The lowest BCUT2D eigenvalue weighted by atomic mass is 9.99. The number of nitriles is 1. The first-order valence-corrected chi connectivity index (χ1v) is 7.40. The second-order valence-electron chi connectivity index (χ2n) is 4.87. The zero-order valence-electron chi connectivity index (χ0n) is 12.5. The van der Waals surface area contributed by atoms with Gasteiger partial charge in [-0.05, 0) is 31.0 Å². The molecule has 0 aliphatic heterocycles. The summed E-state index contributed by atoms with van der Waals surface area (Å²) in [6.45, 7) is 0. The molecule has 0 spiro atoms. The number of carbonyl (C=O) groups is 2. The number of imidazole rings is 1. The number of aromatic nitrogens is 2. The first kappa shape index (κ1) is 16.7. The van der Waals surface area contributed by atoms with Gasteiger partial charge >= 0.3 is 0 Å². The van der Waals surface area contributed by atoms with Gasteiger partial charge in [0.1, 0.15) is 18.1 Å². The van der Waals surface area contributed by atoms with E-state index in [1.165, 1.54) is 0 Å². The average molecular weight is 331 g/mol. The van der Waals surface area contributed by atoms with E-state index in [0.717, 1.165) is 24.2 Å². The zero-order chi connectivity index (χ0) is 16.8. The normalized spacial score (nSPS) is 12.5. The summed E-state index contributed by atoms with van der Waals surface area (Å²) in [6.07, 6.45) is 4.52. The SMILES string of the molecule is CNC=O.N#Cc1ccc(-n2cnc3c2C(=O)CCC3)cc1Cl. The van der Waals surface area contributed by atoms with Crippen LogP contribution < -0.4 is 5.32 Å². The molecule has 1 aliphatic rings. The van der Waals surface area contributed by atoms with Gasteiger partial charge in [0.05, 0.1) is 16.3 Å². The summed E-state index contributed by atoms with van der Waals surface area (Å²) in [5, 5.41) is 11.5. The molecule has 1 aliphatic carbocycles. The van der Waals surface area contributed by atoms with Crippen LogP contribution >= 0.6 is 11.6 Å². The van der Waals surface area contributed by atoms with E-state index >= 15 is 0 Å². The van der Waals surface area contributed by atoms with Crippen LogP contribution in [0, 0.1) is 11.3 Å². The molecule has 0 saturated heterocycles. The van der Waals surface area contributed by atoms with Crippen molar-refractivity contribution < 1.29 is 9.59 Å². The molecule has 1 N–H and O–H groups in total. The number of halogens is 1. The van der Waals surface area contributed by atoms with E-state index in [-0.39, 0.29) is 5.78 Å². The van der Waals surface area contributed by atoms with Crippen molar-refractivity contribution in [2.75, 3.05) is 7.05 Å². The maximum Gasteiger partial charge on any atom is 0.206 e. The van der Waals surface area contributed by atoms with Crippen LogP contribution in [0.25, 0.3) is 5.69 Å². The number of carbonyl (C=O) groups excluding carboxylic acids is 2. The molecule has 1 heterocycles. The molecule has 1 aromatic carbocycles. The lowest BCUT2D eigenvalue weighted by molar-refractivity contribution is -0.109. The van der Waals surface area contributed by atoms with Gasteiger partial charge < -0.3 is 5.32 Å². The van der Waals surface area contributed by atoms with Crippen molar-refractivity contribution >= 4 is 23.8 Å². The van der Waals surface area contributed by atoms with Crippen LogP contribution in [-0.2, 0) is 11.2 Å². The van der Waals surface area contributed by atoms with Crippen LogP contribution in [0.4, 0.5) is 0 Å². The lowest BCUT2D eigenvalue weighted by Crippen LogP contribution is -2.14. The van der Waals surface area contributed by atoms with E-state index in [0.29, 0.717) is 29.1 Å². The molecular weight excluding hydrogens is 316 g/mol. The van der Waals surface area contributed by atoms with Crippen molar-refractivity contribution in [3.05, 3.63) is 46.5 Å². The van der Waals surface area contributed by atoms with Crippen molar-refractivity contribution in [1.29, 1.82) is 5.26 Å². The summed E-state index contributed by atoms with van der Waals surface area (Å²) in [7, 11) is 1.56. The van der Waals surface area contributed by atoms with Crippen molar-refractivity contribution in [3.63, 3.8) is 0 Å².